The Balaban J connectivity index is 1.82. The van der Waals surface area contributed by atoms with Crippen LogP contribution >= 0.6 is 35.0 Å². The van der Waals surface area contributed by atoms with Crippen LogP contribution in [0.4, 0.5) is 32.0 Å². The van der Waals surface area contributed by atoms with Gasteiger partial charge in [0.05, 0.1) is 43.5 Å². The molecule has 0 radical (unpaired) electrons. The molecule has 0 fully saturated rings. The zero-order valence-electron chi connectivity index (χ0n) is 18.6. The number of rotatable bonds is 5. The topological polar surface area (TPSA) is 64.0 Å². The highest BCUT2D eigenvalue weighted by molar-refractivity contribution is 7.99. The van der Waals surface area contributed by atoms with E-state index in [4.69, 9.17) is 23.2 Å². The van der Waals surface area contributed by atoms with E-state index in [1.54, 1.807) is 0 Å². The molecule has 1 aromatic heterocycles. The Morgan fingerprint density at radius 1 is 0.921 bits per heavy atom. The number of alkyl halides is 6. The number of fused-ring (bicyclic) bond motifs is 1. The number of carbonyl (C=O) groups excluding carboxylic acids is 1. The number of aromatic nitrogens is 2. The molecule has 0 aliphatic carbocycles. The van der Waals surface area contributed by atoms with E-state index in [1.165, 1.54) is 42.5 Å². The molecule has 0 saturated carbocycles. The van der Waals surface area contributed by atoms with Crippen molar-refractivity contribution in [2.45, 2.75) is 17.5 Å². The molecule has 4 rings (SSSR count). The second-order valence-electron chi connectivity index (χ2n) is 7.75. The van der Waals surface area contributed by atoms with Gasteiger partial charge < -0.3 is 5.32 Å². The lowest BCUT2D eigenvalue weighted by atomic mass is 10.1. The summed E-state index contributed by atoms with van der Waals surface area (Å²) in [5.74, 6) is -1.10. The second kappa shape index (κ2) is 10.5. The highest BCUT2D eigenvalue weighted by Crippen LogP contribution is 2.39. The summed E-state index contributed by atoms with van der Waals surface area (Å²) in [6, 6.07) is 10.7. The molecule has 0 unspecified atom stereocenters. The average molecular weight is 592 g/mol. The Bertz CT molecular complexity index is 1610. The van der Waals surface area contributed by atoms with Gasteiger partial charge in [0.1, 0.15) is 0 Å². The van der Waals surface area contributed by atoms with Crippen molar-refractivity contribution in [1.29, 1.82) is 0 Å². The van der Waals surface area contributed by atoms with Crippen LogP contribution in [0.1, 0.15) is 11.1 Å². The summed E-state index contributed by atoms with van der Waals surface area (Å²) in [5.41, 5.74) is -4.62. The van der Waals surface area contributed by atoms with Crippen molar-refractivity contribution >= 4 is 57.5 Å². The largest absolute Gasteiger partial charge is 0.418 e. The predicted octanol–water partition coefficient (Wildman–Crippen LogP) is 7.46. The minimum absolute atomic E-state index is 0.0849. The minimum Gasteiger partial charge on any atom is -0.325 e. The van der Waals surface area contributed by atoms with Crippen molar-refractivity contribution in [3.8, 4) is 5.69 Å². The van der Waals surface area contributed by atoms with Crippen LogP contribution < -0.4 is 10.9 Å². The van der Waals surface area contributed by atoms with Gasteiger partial charge in [0.25, 0.3) is 5.56 Å². The molecule has 14 heteroatoms. The lowest BCUT2D eigenvalue weighted by molar-refractivity contribution is -0.141. The molecule has 0 atom stereocenters. The molecule has 1 heterocycles. The summed E-state index contributed by atoms with van der Waals surface area (Å²) in [6.07, 6.45) is -10.1. The number of para-hydroxylation sites is 1. The SMILES string of the molecule is O=C(CSc1nc2ccccc2c(=O)n1-c1cc(C(F)(F)F)ccc1C(F)(F)F)Nc1ccc(Cl)c(Cl)c1. The van der Waals surface area contributed by atoms with Gasteiger partial charge in [0.15, 0.2) is 5.16 Å². The van der Waals surface area contributed by atoms with Gasteiger partial charge in [-0.25, -0.2) is 4.98 Å². The van der Waals surface area contributed by atoms with Gasteiger partial charge in [-0.1, -0.05) is 47.1 Å². The van der Waals surface area contributed by atoms with Gasteiger partial charge in [-0.3, -0.25) is 14.2 Å². The summed E-state index contributed by atoms with van der Waals surface area (Å²) in [7, 11) is 0. The maximum atomic E-state index is 13.8. The number of anilines is 1. The summed E-state index contributed by atoms with van der Waals surface area (Å²) in [4.78, 5) is 30.1. The molecule has 0 saturated heterocycles. The average Bonchev–Trinajstić information content (AvgIpc) is 2.84. The van der Waals surface area contributed by atoms with Crippen molar-refractivity contribution < 1.29 is 31.1 Å². The number of nitrogens with one attached hydrogen (secondary N) is 1. The first-order chi connectivity index (χ1) is 17.8. The van der Waals surface area contributed by atoms with Gasteiger partial charge in [-0.05, 0) is 48.5 Å². The third-order valence-corrected chi connectivity index (χ3v) is 6.83. The molecule has 0 bridgehead atoms. The smallest absolute Gasteiger partial charge is 0.325 e. The highest BCUT2D eigenvalue weighted by atomic mass is 35.5. The first-order valence-corrected chi connectivity index (χ1v) is 12.2. The number of halogens is 8. The van der Waals surface area contributed by atoms with Crippen molar-refractivity contribution in [3.05, 3.63) is 92.2 Å². The number of amides is 1. The van der Waals surface area contributed by atoms with Crippen LogP contribution in [0.3, 0.4) is 0 Å². The highest BCUT2D eigenvalue weighted by Gasteiger charge is 2.38. The van der Waals surface area contributed by atoms with Gasteiger partial charge in [0.2, 0.25) is 5.91 Å². The molecule has 1 N–H and O–H groups in total. The van der Waals surface area contributed by atoms with Gasteiger partial charge in [0, 0.05) is 5.69 Å². The normalized spacial score (nSPS) is 12.1. The van der Waals surface area contributed by atoms with Crippen molar-refractivity contribution in [2.24, 2.45) is 0 Å². The Labute approximate surface area is 224 Å². The zero-order chi connectivity index (χ0) is 27.8. The number of carbonyl (C=O) groups is 1. The van der Waals surface area contributed by atoms with Crippen LogP contribution in [-0.4, -0.2) is 21.2 Å². The van der Waals surface area contributed by atoms with E-state index in [1.807, 2.05) is 0 Å². The monoisotopic (exact) mass is 591 g/mol. The summed E-state index contributed by atoms with van der Waals surface area (Å²) < 4.78 is 82.2. The fraction of sp³-hybridized carbons (Fsp3) is 0.125. The first-order valence-electron chi connectivity index (χ1n) is 10.4. The van der Waals surface area contributed by atoms with Crippen molar-refractivity contribution in [1.82, 2.24) is 9.55 Å². The quantitative estimate of drug-likeness (QED) is 0.149. The van der Waals surface area contributed by atoms with E-state index in [0.717, 1.165) is 0 Å². The van der Waals surface area contributed by atoms with Crippen LogP contribution in [0.15, 0.2) is 70.6 Å². The number of hydrogen-bond donors (Lipinski definition) is 1. The van der Waals surface area contributed by atoms with Crippen molar-refractivity contribution in [2.75, 3.05) is 11.1 Å². The third-order valence-electron chi connectivity index (χ3n) is 5.15. The Hall–Kier alpha value is -3.22. The van der Waals surface area contributed by atoms with Crippen LogP contribution in [0.5, 0.6) is 0 Å². The van der Waals surface area contributed by atoms with Crippen molar-refractivity contribution in [3.63, 3.8) is 0 Å². The molecule has 38 heavy (non-hydrogen) atoms. The molecule has 0 aliphatic rings. The maximum Gasteiger partial charge on any atom is 0.418 e. The maximum absolute atomic E-state index is 13.8. The first kappa shape index (κ1) is 27.8. The van der Waals surface area contributed by atoms with Gasteiger partial charge in [-0.15, -0.1) is 0 Å². The van der Waals surface area contributed by atoms with Gasteiger partial charge in [-0.2, -0.15) is 26.3 Å². The number of benzene rings is 3. The number of thioether (sulfide) groups is 1. The van der Waals surface area contributed by atoms with Crippen LogP contribution in [-0.2, 0) is 17.1 Å². The fourth-order valence-electron chi connectivity index (χ4n) is 3.46. The summed E-state index contributed by atoms with van der Waals surface area (Å²) in [5, 5.41) is 2.37. The summed E-state index contributed by atoms with van der Waals surface area (Å²) in [6.45, 7) is 0. The standard InChI is InChI=1S/C24H13Cl2F6N3O2S/c25-16-8-6-13(10-17(16)26)33-20(36)11-38-22-34-18-4-2-1-3-14(18)21(37)35(22)19-9-12(23(27,28)29)5-7-15(19)24(30,31)32/h1-10H,11H2,(H,33,36). The van der Waals surface area contributed by atoms with E-state index in [2.05, 4.69) is 10.3 Å². The van der Waals surface area contributed by atoms with E-state index >= 15 is 0 Å². The van der Waals surface area contributed by atoms with E-state index in [0.29, 0.717) is 16.3 Å². The van der Waals surface area contributed by atoms with E-state index in [9.17, 15) is 35.9 Å². The fourth-order valence-corrected chi connectivity index (χ4v) is 4.56. The second-order valence-corrected chi connectivity index (χ2v) is 9.50. The number of hydrogen-bond acceptors (Lipinski definition) is 4. The molecule has 4 aromatic rings. The molecule has 0 aliphatic heterocycles. The molecule has 3 aromatic carbocycles. The lowest BCUT2D eigenvalue weighted by Crippen LogP contribution is -2.26. The van der Waals surface area contributed by atoms with Gasteiger partial charge >= 0.3 is 12.4 Å². The molecule has 0 spiro atoms. The van der Waals surface area contributed by atoms with Crippen LogP contribution in [0.2, 0.25) is 10.0 Å². The van der Waals surface area contributed by atoms with Crippen LogP contribution in [0, 0.1) is 0 Å². The Kier molecular flexibility index (Phi) is 7.69. The predicted molar refractivity (Wildman–Crippen MR) is 133 cm³/mol. The molecule has 198 valence electrons. The lowest BCUT2D eigenvalue weighted by Gasteiger charge is -2.19. The van der Waals surface area contributed by atoms with E-state index in [-0.39, 0.29) is 44.8 Å². The Morgan fingerprint density at radius 2 is 1.63 bits per heavy atom. The minimum atomic E-state index is -5.10. The van der Waals surface area contributed by atoms with Crippen LogP contribution in [0.25, 0.3) is 16.6 Å². The molecular formula is C24H13Cl2F6N3O2S. The molecular weight excluding hydrogens is 579 g/mol. The third kappa shape index (κ3) is 5.92. The summed E-state index contributed by atoms with van der Waals surface area (Å²) >= 11 is 12.3. The Morgan fingerprint density at radius 3 is 2.29 bits per heavy atom. The molecule has 5 nitrogen and oxygen atoms in total. The number of nitrogens with zero attached hydrogens (tertiary/aromatic N) is 2. The van der Waals surface area contributed by atoms with E-state index < -0.39 is 51.5 Å². The molecule has 1 amide bonds. The zero-order valence-corrected chi connectivity index (χ0v) is 21.0.